The van der Waals surface area contributed by atoms with Gasteiger partial charge in [-0.05, 0) is 41.9 Å². The number of aliphatic hydroxyl groups is 1. The van der Waals surface area contributed by atoms with E-state index in [1.807, 2.05) is 0 Å². The predicted octanol–water partition coefficient (Wildman–Crippen LogP) is 2.84. The topological polar surface area (TPSA) is 58.6 Å². The van der Waals surface area contributed by atoms with E-state index in [2.05, 4.69) is 5.32 Å². The second kappa shape index (κ2) is 7.57. The molecule has 2 N–H and O–H groups in total. The zero-order valence-corrected chi connectivity index (χ0v) is 14.4. The summed E-state index contributed by atoms with van der Waals surface area (Å²) in [6, 6.07) is 2.04. The molecule has 4 nitrogen and oxygen atoms in total. The molecule has 1 aromatic rings. The summed E-state index contributed by atoms with van der Waals surface area (Å²) in [6.45, 7) is 5.67. The van der Waals surface area contributed by atoms with Crippen LogP contribution in [0.2, 0.25) is 0 Å². The Labute approximate surface area is 141 Å². The van der Waals surface area contributed by atoms with Gasteiger partial charge < -0.3 is 15.2 Å². The van der Waals surface area contributed by atoms with E-state index in [1.165, 1.54) is 12.1 Å². The normalized spacial score (nSPS) is 17.6. The van der Waals surface area contributed by atoms with Crippen LogP contribution in [0.3, 0.4) is 0 Å². The Morgan fingerprint density at radius 3 is 2.29 bits per heavy atom. The molecule has 0 spiro atoms. The van der Waals surface area contributed by atoms with Crippen molar-refractivity contribution >= 4 is 5.91 Å². The van der Waals surface area contributed by atoms with E-state index in [0.29, 0.717) is 31.6 Å². The van der Waals surface area contributed by atoms with E-state index in [0.717, 1.165) is 0 Å². The number of hydrogen-bond donors (Lipinski definition) is 2. The first-order chi connectivity index (χ1) is 11.2. The number of rotatable bonds is 4. The van der Waals surface area contributed by atoms with Crippen molar-refractivity contribution in [2.75, 3.05) is 19.8 Å². The number of amides is 1. The van der Waals surface area contributed by atoms with Gasteiger partial charge in [0.1, 0.15) is 18.2 Å². The van der Waals surface area contributed by atoms with Gasteiger partial charge in [0.15, 0.2) is 0 Å². The molecule has 2 rings (SSSR count). The summed E-state index contributed by atoms with van der Waals surface area (Å²) in [5.41, 5.74) is -0.243. The van der Waals surface area contributed by atoms with E-state index in [1.54, 1.807) is 20.8 Å². The Balaban J connectivity index is 2.40. The van der Waals surface area contributed by atoms with Crippen molar-refractivity contribution in [2.45, 2.75) is 45.1 Å². The molecule has 0 aromatic heterocycles. The van der Waals surface area contributed by atoms with E-state index < -0.39 is 35.6 Å². The number of nitrogens with one attached hydrogen (secondary N) is 1. The van der Waals surface area contributed by atoms with E-state index in [-0.39, 0.29) is 11.5 Å². The molecule has 1 aliphatic rings. The van der Waals surface area contributed by atoms with Crippen LogP contribution in [0.15, 0.2) is 12.1 Å². The molecule has 0 bridgehead atoms. The Morgan fingerprint density at radius 2 is 1.83 bits per heavy atom. The van der Waals surface area contributed by atoms with Crippen molar-refractivity contribution in [1.82, 2.24) is 5.32 Å². The summed E-state index contributed by atoms with van der Waals surface area (Å²) in [6.07, 6.45) is 1.36. The average Bonchev–Trinajstić information content (AvgIpc) is 2.51. The average molecular weight is 341 g/mol. The van der Waals surface area contributed by atoms with Crippen molar-refractivity contribution in [1.29, 1.82) is 0 Å². The fourth-order valence-corrected chi connectivity index (χ4v) is 3.23. The molecule has 1 aliphatic heterocycles. The maximum atomic E-state index is 14.5. The Kier molecular flexibility index (Phi) is 5.93. The predicted molar refractivity (Wildman–Crippen MR) is 86.6 cm³/mol. The van der Waals surface area contributed by atoms with Gasteiger partial charge in [-0.2, -0.15) is 0 Å². The van der Waals surface area contributed by atoms with Crippen molar-refractivity contribution < 1.29 is 23.4 Å². The van der Waals surface area contributed by atoms with Gasteiger partial charge in [0.25, 0.3) is 0 Å². The lowest BCUT2D eigenvalue weighted by molar-refractivity contribution is -0.125. The SMILES string of the molecule is CC(C)(C)c1c(F)cc(C(NC(=O)CO)C2CCOCC2)cc1F. The minimum atomic E-state index is -0.662. The molecule has 0 saturated carbocycles. The zero-order chi connectivity index (χ0) is 17.9. The van der Waals surface area contributed by atoms with Crippen LogP contribution in [-0.4, -0.2) is 30.8 Å². The summed E-state index contributed by atoms with van der Waals surface area (Å²) in [5, 5.41) is 11.7. The lowest BCUT2D eigenvalue weighted by Crippen LogP contribution is -2.37. The standard InChI is InChI=1S/C18H25F2NO3/c1-18(2,3)16-13(19)8-12(9-14(16)20)17(21-15(23)10-22)11-4-6-24-7-5-11/h8-9,11,17,22H,4-7,10H2,1-3H3,(H,21,23). The molecule has 1 heterocycles. The first-order valence-corrected chi connectivity index (χ1v) is 8.21. The Bertz CT molecular complexity index is 569. The maximum absolute atomic E-state index is 14.5. The third-order valence-electron chi connectivity index (χ3n) is 4.37. The van der Waals surface area contributed by atoms with E-state index in [4.69, 9.17) is 9.84 Å². The molecule has 24 heavy (non-hydrogen) atoms. The Hall–Kier alpha value is -1.53. The molecular weight excluding hydrogens is 316 g/mol. The number of aliphatic hydroxyl groups excluding tert-OH is 1. The summed E-state index contributed by atoms with van der Waals surface area (Å²) in [4.78, 5) is 11.7. The van der Waals surface area contributed by atoms with Gasteiger partial charge in [-0.15, -0.1) is 0 Å². The van der Waals surface area contributed by atoms with Gasteiger partial charge >= 0.3 is 0 Å². The van der Waals surface area contributed by atoms with Crippen LogP contribution in [0.25, 0.3) is 0 Å². The van der Waals surface area contributed by atoms with Crippen LogP contribution in [0.1, 0.15) is 50.8 Å². The lowest BCUT2D eigenvalue weighted by atomic mass is 9.82. The molecule has 6 heteroatoms. The van der Waals surface area contributed by atoms with Crippen LogP contribution in [-0.2, 0) is 14.9 Å². The molecule has 1 fully saturated rings. The number of ether oxygens (including phenoxy) is 1. The molecule has 134 valence electrons. The summed E-state index contributed by atoms with van der Waals surface area (Å²) >= 11 is 0. The largest absolute Gasteiger partial charge is 0.387 e. The smallest absolute Gasteiger partial charge is 0.246 e. The summed E-state index contributed by atoms with van der Waals surface area (Å²) in [7, 11) is 0. The molecule has 1 saturated heterocycles. The number of carbonyl (C=O) groups is 1. The number of halogens is 2. The van der Waals surface area contributed by atoms with Crippen molar-refractivity contribution in [3.63, 3.8) is 0 Å². The minimum Gasteiger partial charge on any atom is -0.387 e. The van der Waals surface area contributed by atoms with Crippen molar-refractivity contribution in [2.24, 2.45) is 5.92 Å². The first-order valence-electron chi connectivity index (χ1n) is 8.21. The van der Waals surface area contributed by atoms with Crippen LogP contribution < -0.4 is 5.32 Å². The van der Waals surface area contributed by atoms with Gasteiger partial charge in [0, 0.05) is 18.8 Å². The molecule has 1 unspecified atom stereocenters. The number of carbonyl (C=O) groups excluding carboxylic acids is 1. The molecule has 0 aliphatic carbocycles. The molecule has 1 amide bonds. The third-order valence-corrected chi connectivity index (χ3v) is 4.37. The van der Waals surface area contributed by atoms with Gasteiger partial charge in [0.2, 0.25) is 5.91 Å². The molecular formula is C18H25F2NO3. The highest BCUT2D eigenvalue weighted by Crippen LogP contribution is 2.34. The molecule has 1 atom stereocenters. The minimum absolute atomic E-state index is 0.00790. The fraction of sp³-hybridized carbons (Fsp3) is 0.611. The van der Waals surface area contributed by atoms with Gasteiger partial charge in [-0.3, -0.25) is 4.79 Å². The van der Waals surface area contributed by atoms with Crippen molar-refractivity contribution in [3.05, 3.63) is 34.9 Å². The molecule has 1 aromatic carbocycles. The fourth-order valence-electron chi connectivity index (χ4n) is 3.23. The highest BCUT2D eigenvalue weighted by molar-refractivity contribution is 5.77. The summed E-state index contributed by atoms with van der Waals surface area (Å²) in [5.74, 6) is -1.79. The van der Waals surface area contributed by atoms with Gasteiger partial charge in [-0.1, -0.05) is 20.8 Å². The van der Waals surface area contributed by atoms with Gasteiger partial charge in [-0.25, -0.2) is 8.78 Å². The quantitative estimate of drug-likeness (QED) is 0.885. The second-order valence-electron chi connectivity index (χ2n) is 7.26. The summed E-state index contributed by atoms with van der Waals surface area (Å²) < 4.78 is 34.4. The maximum Gasteiger partial charge on any atom is 0.246 e. The zero-order valence-electron chi connectivity index (χ0n) is 14.4. The first kappa shape index (κ1) is 18.8. The number of hydrogen-bond acceptors (Lipinski definition) is 3. The van der Waals surface area contributed by atoms with Gasteiger partial charge in [0.05, 0.1) is 6.04 Å². The monoisotopic (exact) mass is 341 g/mol. The third kappa shape index (κ3) is 4.30. The highest BCUT2D eigenvalue weighted by Gasteiger charge is 2.30. The lowest BCUT2D eigenvalue weighted by Gasteiger charge is -2.32. The van der Waals surface area contributed by atoms with E-state index in [9.17, 15) is 13.6 Å². The van der Waals surface area contributed by atoms with Crippen LogP contribution in [0.5, 0.6) is 0 Å². The molecule has 0 radical (unpaired) electrons. The highest BCUT2D eigenvalue weighted by atomic mass is 19.1. The van der Waals surface area contributed by atoms with E-state index >= 15 is 0 Å². The van der Waals surface area contributed by atoms with Crippen LogP contribution in [0, 0.1) is 17.6 Å². The van der Waals surface area contributed by atoms with Crippen molar-refractivity contribution in [3.8, 4) is 0 Å². The van der Waals surface area contributed by atoms with Crippen LogP contribution in [0.4, 0.5) is 8.78 Å². The van der Waals surface area contributed by atoms with Crippen LogP contribution >= 0.6 is 0 Å². The number of benzene rings is 1. The Morgan fingerprint density at radius 1 is 1.29 bits per heavy atom. The second-order valence-corrected chi connectivity index (χ2v) is 7.26.